The first kappa shape index (κ1) is 12.7. The molecule has 0 aliphatic carbocycles. The quantitative estimate of drug-likeness (QED) is 0.764. The molecule has 1 aliphatic rings. The molecule has 0 radical (unpaired) electrons. The predicted octanol–water partition coefficient (Wildman–Crippen LogP) is 0.926. The highest BCUT2D eigenvalue weighted by Crippen LogP contribution is 2.08. The number of hydrogen-bond acceptors (Lipinski definition) is 5. The predicted molar refractivity (Wildman–Crippen MR) is 71.4 cm³/mol. The second kappa shape index (κ2) is 6.83. The first-order valence-electron chi connectivity index (χ1n) is 5.99. The van der Waals surface area contributed by atoms with Crippen molar-refractivity contribution in [2.45, 2.75) is 6.54 Å². The Morgan fingerprint density at radius 1 is 1.35 bits per heavy atom. The van der Waals surface area contributed by atoms with Gasteiger partial charge in [0.05, 0.1) is 11.9 Å². The van der Waals surface area contributed by atoms with Crippen LogP contribution in [0.2, 0.25) is 0 Å². The van der Waals surface area contributed by atoms with E-state index in [0.717, 1.165) is 25.3 Å². The van der Waals surface area contributed by atoms with Gasteiger partial charge in [0, 0.05) is 44.2 Å². The van der Waals surface area contributed by atoms with Crippen LogP contribution in [-0.2, 0) is 6.54 Å². The number of aromatic hydroxyl groups is 1. The van der Waals surface area contributed by atoms with Crippen LogP contribution >= 0.6 is 11.8 Å². The normalized spacial score (nSPS) is 17.2. The smallest absolute Gasteiger partial charge is 0.133 e. The van der Waals surface area contributed by atoms with Crippen LogP contribution in [0.3, 0.4) is 0 Å². The Morgan fingerprint density at radius 3 is 2.88 bits per heavy atom. The molecule has 2 heterocycles. The zero-order chi connectivity index (χ0) is 11.9. The van der Waals surface area contributed by atoms with Crippen LogP contribution in [0.5, 0.6) is 5.75 Å². The van der Waals surface area contributed by atoms with Crippen molar-refractivity contribution in [3.63, 3.8) is 0 Å². The topological polar surface area (TPSA) is 48.4 Å². The lowest BCUT2D eigenvalue weighted by atomic mass is 10.3. The number of hydrogen-bond donors (Lipinski definition) is 2. The molecule has 0 saturated carbocycles. The van der Waals surface area contributed by atoms with E-state index >= 15 is 0 Å². The Hall–Kier alpha value is -0.780. The third-order valence-electron chi connectivity index (χ3n) is 2.82. The van der Waals surface area contributed by atoms with Crippen molar-refractivity contribution in [3.8, 4) is 5.75 Å². The average Bonchev–Trinajstić information content (AvgIpc) is 2.38. The van der Waals surface area contributed by atoms with E-state index in [1.807, 2.05) is 17.8 Å². The molecule has 0 unspecified atom stereocenters. The fraction of sp³-hybridized carbons (Fsp3) is 0.583. The highest BCUT2D eigenvalue weighted by Gasteiger charge is 2.08. The molecule has 5 heteroatoms. The van der Waals surface area contributed by atoms with Crippen LogP contribution in [0, 0.1) is 0 Å². The minimum absolute atomic E-state index is 0.222. The van der Waals surface area contributed by atoms with E-state index in [0.29, 0.717) is 0 Å². The van der Waals surface area contributed by atoms with Crippen molar-refractivity contribution in [3.05, 3.63) is 24.0 Å². The van der Waals surface area contributed by atoms with E-state index in [4.69, 9.17) is 5.11 Å². The average molecular weight is 253 g/mol. The fourth-order valence-electron chi connectivity index (χ4n) is 1.80. The maximum absolute atomic E-state index is 9.11. The third kappa shape index (κ3) is 4.53. The molecule has 0 bridgehead atoms. The monoisotopic (exact) mass is 253 g/mol. The van der Waals surface area contributed by atoms with Crippen LogP contribution in [0.25, 0.3) is 0 Å². The van der Waals surface area contributed by atoms with Crippen LogP contribution in [0.15, 0.2) is 18.3 Å². The second-order valence-corrected chi connectivity index (χ2v) is 5.36. The van der Waals surface area contributed by atoms with Crippen molar-refractivity contribution in [2.75, 3.05) is 37.7 Å². The molecule has 2 N–H and O–H groups in total. The summed E-state index contributed by atoms with van der Waals surface area (Å²) in [7, 11) is 0. The largest absolute Gasteiger partial charge is 0.506 e. The minimum Gasteiger partial charge on any atom is -0.506 e. The Labute approximate surface area is 106 Å². The fourth-order valence-corrected chi connectivity index (χ4v) is 2.78. The molecule has 1 aliphatic heterocycles. The standard InChI is InChI=1S/C12H19N3OS/c16-12-2-1-11(14-10-12)9-13-3-4-15-5-7-17-8-6-15/h1-2,10,13,16H,3-9H2. The maximum atomic E-state index is 9.11. The molecule has 0 aromatic carbocycles. The molecule has 0 amide bonds. The van der Waals surface area contributed by atoms with Crippen molar-refractivity contribution in [2.24, 2.45) is 0 Å². The maximum Gasteiger partial charge on any atom is 0.133 e. The Kier molecular flexibility index (Phi) is 5.09. The van der Waals surface area contributed by atoms with Crippen molar-refractivity contribution >= 4 is 11.8 Å². The van der Waals surface area contributed by atoms with Crippen molar-refractivity contribution < 1.29 is 5.11 Å². The Bertz CT molecular complexity index is 325. The molecule has 1 aromatic heterocycles. The van der Waals surface area contributed by atoms with Gasteiger partial charge >= 0.3 is 0 Å². The SMILES string of the molecule is Oc1ccc(CNCCN2CCSCC2)nc1. The third-order valence-corrected chi connectivity index (χ3v) is 3.77. The number of pyridine rings is 1. The van der Waals surface area contributed by atoms with Gasteiger partial charge in [0.25, 0.3) is 0 Å². The molecule has 1 aromatic rings. The molecule has 0 atom stereocenters. The zero-order valence-corrected chi connectivity index (χ0v) is 10.7. The van der Waals surface area contributed by atoms with Gasteiger partial charge in [-0.25, -0.2) is 0 Å². The minimum atomic E-state index is 0.222. The van der Waals surface area contributed by atoms with Crippen molar-refractivity contribution in [1.82, 2.24) is 15.2 Å². The summed E-state index contributed by atoms with van der Waals surface area (Å²) >= 11 is 2.04. The summed E-state index contributed by atoms with van der Waals surface area (Å²) in [4.78, 5) is 6.63. The van der Waals surface area contributed by atoms with Gasteiger partial charge in [-0.3, -0.25) is 4.98 Å². The van der Waals surface area contributed by atoms with Gasteiger partial charge in [0.1, 0.15) is 5.75 Å². The zero-order valence-electron chi connectivity index (χ0n) is 9.93. The van der Waals surface area contributed by atoms with Gasteiger partial charge < -0.3 is 15.3 Å². The summed E-state index contributed by atoms with van der Waals surface area (Å²) in [5, 5.41) is 12.5. The molecule has 0 spiro atoms. The summed E-state index contributed by atoms with van der Waals surface area (Å²) in [6.45, 7) is 5.29. The highest BCUT2D eigenvalue weighted by atomic mass is 32.2. The molecular weight excluding hydrogens is 234 g/mol. The lowest BCUT2D eigenvalue weighted by Crippen LogP contribution is -2.37. The lowest BCUT2D eigenvalue weighted by molar-refractivity contribution is 0.301. The van der Waals surface area contributed by atoms with Crippen LogP contribution in [-0.4, -0.2) is 52.7 Å². The molecule has 1 saturated heterocycles. The Balaban J connectivity index is 1.60. The van der Waals surface area contributed by atoms with Gasteiger partial charge in [0.15, 0.2) is 0 Å². The lowest BCUT2D eigenvalue weighted by Gasteiger charge is -2.26. The molecular formula is C12H19N3OS. The molecule has 17 heavy (non-hydrogen) atoms. The van der Waals surface area contributed by atoms with E-state index in [1.54, 1.807) is 6.07 Å². The first-order valence-corrected chi connectivity index (χ1v) is 7.15. The van der Waals surface area contributed by atoms with Gasteiger partial charge in [-0.15, -0.1) is 0 Å². The second-order valence-electron chi connectivity index (χ2n) is 4.14. The summed E-state index contributed by atoms with van der Waals surface area (Å²) in [5.41, 5.74) is 0.969. The molecule has 4 nitrogen and oxygen atoms in total. The summed E-state index contributed by atoms with van der Waals surface area (Å²) < 4.78 is 0. The Morgan fingerprint density at radius 2 is 2.18 bits per heavy atom. The van der Waals surface area contributed by atoms with Crippen LogP contribution < -0.4 is 5.32 Å². The number of nitrogens with one attached hydrogen (secondary N) is 1. The molecule has 94 valence electrons. The number of aromatic nitrogens is 1. The number of rotatable bonds is 5. The number of nitrogens with zero attached hydrogens (tertiary/aromatic N) is 2. The van der Waals surface area contributed by atoms with Crippen LogP contribution in [0.4, 0.5) is 0 Å². The van der Waals surface area contributed by atoms with Crippen molar-refractivity contribution in [1.29, 1.82) is 0 Å². The van der Waals surface area contributed by atoms with E-state index in [-0.39, 0.29) is 5.75 Å². The van der Waals surface area contributed by atoms with E-state index in [9.17, 15) is 0 Å². The van der Waals surface area contributed by atoms with E-state index in [1.165, 1.54) is 30.8 Å². The molecule has 2 rings (SSSR count). The van der Waals surface area contributed by atoms with Gasteiger partial charge in [-0.05, 0) is 12.1 Å². The summed E-state index contributed by atoms with van der Waals surface area (Å²) in [6, 6.07) is 3.52. The van der Waals surface area contributed by atoms with Crippen LogP contribution in [0.1, 0.15) is 5.69 Å². The van der Waals surface area contributed by atoms with Gasteiger partial charge in [0.2, 0.25) is 0 Å². The van der Waals surface area contributed by atoms with E-state index < -0.39 is 0 Å². The summed E-state index contributed by atoms with van der Waals surface area (Å²) in [6.07, 6.45) is 1.48. The summed E-state index contributed by atoms with van der Waals surface area (Å²) in [5.74, 6) is 2.75. The highest BCUT2D eigenvalue weighted by molar-refractivity contribution is 7.99. The molecule has 1 fully saturated rings. The number of thioether (sulfide) groups is 1. The van der Waals surface area contributed by atoms with Gasteiger partial charge in [-0.2, -0.15) is 11.8 Å². The first-order chi connectivity index (χ1) is 8.34. The van der Waals surface area contributed by atoms with E-state index in [2.05, 4.69) is 15.2 Å². The van der Waals surface area contributed by atoms with Gasteiger partial charge in [-0.1, -0.05) is 0 Å².